The molecule has 0 atom stereocenters. The molecule has 0 amide bonds. The van der Waals surface area contributed by atoms with Crippen molar-refractivity contribution in [1.82, 2.24) is 4.31 Å². The molecule has 1 radical (unpaired) electrons. The van der Waals surface area contributed by atoms with Crippen LogP contribution in [0.15, 0.2) is 0 Å². The van der Waals surface area contributed by atoms with Crippen molar-refractivity contribution in [2.24, 2.45) is 0 Å². The summed E-state index contributed by atoms with van der Waals surface area (Å²) in [7, 11) is -0.510. The molecule has 0 aromatic carbocycles. The van der Waals surface area contributed by atoms with Crippen molar-refractivity contribution in [3.8, 4) is 0 Å². The molecule has 0 unspecified atom stereocenters. The Hall–Kier alpha value is 1.01. The first kappa shape index (κ1) is 11.8. The van der Waals surface area contributed by atoms with Crippen LogP contribution in [0.2, 0.25) is 0 Å². The molecule has 47 valence electrons. The summed E-state index contributed by atoms with van der Waals surface area (Å²) in [6, 6.07) is 0. The Morgan fingerprint density at radius 2 is 1.88 bits per heavy atom. The maximum atomic E-state index is 9.86. The Morgan fingerprint density at radius 1 is 1.50 bits per heavy atom. The van der Waals surface area contributed by atoms with Crippen molar-refractivity contribution < 1.29 is 41.1 Å². The zero-order chi connectivity index (χ0) is 5.86. The van der Waals surface area contributed by atoms with E-state index >= 15 is 0 Å². The average molecular weight is 211 g/mol. The topological polar surface area (TPSA) is 37.4 Å². The molecule has 0 aliphatic carbocycles. The minimum atomic E-state index is -2.03. The van der Waals surface area contributed by atoms with Gasteiger partial charge in [0.15, 0.2) is 0 Å². The predicted octanol–water partition coefficient (Wildman–Crippen LogP) is 0.160. The van der Waals surface area contributed by atoms with Gasteiger partial charge < -0.3 is 12.7 Å². The molecule has 0 bridgehead atoms. The molecule has 8 heavy (non-hydrogen) atoms. The number of nitrogens with zero attached hydrogens (tertiary/aromatic N) is 1. The van der Waals surface area contributed by atoms with Gasteiger partial charge in [0.25, 0.3) is 0 Å². The summed E-state index contributed by atoms with van der Waals surface area (Å²) >= 11 is 0. The average Bonchev–Trinajstić information content (AvgIpc) is 1.65. The van der Waals surface area contributed by atoms with Gasteiger partial charge in [0.05, 0.1) is 0 Å². The molecule has 0 aromatic heterocycles. The van der Waals surface area contributed by atoms with Crippen LogP contribution in [0, 0.1) is 0 Å². The van der Waals surface area contributed by atoms with Crippen LogP contribution in [-0.2, 0) is 52.0 Å². The summed E-state index contributed by atoms with van der Waals surface area (Å²) in [5.41, 5.74) is 0. The van der Waals surface area contributed by atoms with Crippen LogP contribution in [0.25, 0.3) is 0 Å². The van der Waals surface area contributed by atoms with Crippen LogP contribution < -0.4 is 0 Å². The number of rotatable bonds is 2. The van der Waals surface area contributed by atoms with Gasteiger partial charge in [0, 0.05) is 32.7 Å². The van der Waals surface area contributed by atoms with Gasteiger partial charge in [0.2, 0.25) is 0 Å². The van der Waals surface area contributed by atoms with E-state index in [0.717, 1.165) is 0 Å². The van der Waals surface area contributed by atoms with Gasteiger partial charge in [0.1, 0.15) is 0 Å². The molecule has 0 fully saturated rings. The van der Waals surface area contributed by atoms with Crippen molar-refractivity contribution in [2.45, 2.75) is 6.92 Å². The Balaban J connectivity index is 0. The van der Waals surface area contributed by atoms with Crippen molar-refractivity contribution in [1.29, 1.82) is 0 Å². The maximum absolute atomic E-state index is 9.86. The summed E-state index contributed by atoms with van der Waals surface area (Å²) in [6.07, 6.45) is 0. The summed E-state index contributed by atoms with van der Waals surface area (Å²) in [6.45, 7) is 2.31. The van der Waals surface area contributed by atoms with Crippen LogP contribution in [0.5, 0.6) is 0 Å². The summed E-state index contributed by atoms with van der Waals surface area (Å²) in [5, 5.41) is 0. The number of hydrogen-bond donors (Lipinski definition) is 0. The molecule has 0 N–H and O–H groups in total. The zero-order valence-corrected chi connectivity index (χ0v) is 8.61. The number of hydrogen-bond acceptors (Lipinski definition) is 3. The van der Waals surface area contributed by atoms with E-state index in [1.54, 1.807) is 6.92 Å². The van der Waals surface area contributed by atoms with Gasteiger partial charge in [-0.05, 0) is 24.5 Å². The first-order valence-corrected chi connectivity index (χ1v) is 3.02. The van der Waals surface area contributed by atoms with Crippen LogP contribution >= 0.6 is 0 Å². The molecule has 0 aliphatic rings. The quantitative estimate of drug-likeness (QED) is 0.610. The summed E-state index contributed by atoms with van der Waals surface area (Å²) in [4.78, 5) is 0. The van der Waals surface area contributed by atoms with Gasteiger partial charge >= 0.3 is 0 Å². The molecule has 0 aliphatic heterocycles. The standard InChI is InChI=1S/C3H8NO2S.Y/c1-3-4(2)7(5)6;/h3H2,1-2H3;/q-1;. The van der Waals surface area contributed by atoms with E-state index < -0.39 is 10.9 Å². The second-order valence-electron chi connectivity index (χ2n) is 1.16. The van der Waals surface area contributed by atoms with Crippen molar-refractivity contribution in [3.05, 3.63) is 0 Å². The molecular weight excluding hydrogens is 203 g/mol. The van der Waals surface area contributed by atoms with Crippen molar-refractivity contribution in [2.75, 3.05) is 13.6 Å². The molecule has 0 saturated carbocycles. The van der Waals surface area contributed by atoms with Gasteiger partial charge in [-0.25, -0.2) is 0 Å². The summed E-state index contributed by atoms with van der Waals surface area (Å²) in [5.74, 6) is 0. The zero-order valence-electron chi connectivity index (χ0n) is 4.96. The molecule has 0 spiro atoms. The largest absolute Gasteiger partial charge is 0.409 e. The summed E-state index contributed by atoms with van der Waals surface area (Å²) < 4.78 is 20.9. The maximum Gasteiger partial charge on any atom is 0 e. The van der Waals surface area contributed by atoms with Gasteiger partial charge in [-0.15, -0.1) is 0 Å². The SMILES string of the molecule is CCN(C)[S-](=O)=O.[Y]. The van der Waals surface area contributed by atoms with Crippen LogP contribution in [0.1, 0.15) is 6.92 Å². The predicted molar refractivity (Wildman–Crippen MR) is 27.0 cm³/mol. The van der Waals surface area contributed by atoms with Crippen LogP contribution in [-0.4, -0.2) is 17.9 Å². The van der Waals surface area contributed by atoms with E-state index in [2.05, 4.69) is 0 Å². The smallest absolute Gasteiger partial charge is 0 e. The molecule has 0 saturated heterocycles. The van der Waals surface area contributed by atoms with E-state index in [0.29, 0.717) is 6.54 Å². The van der Waals surface area contributed by atoms with Crippen molar-refractivity contribution >= 4 is 10.9 Å². The Labute approximate surface area is 76.4 Å². The Morgan fingerprint density at radius 3 is 1.88 bits per heavy atom. The van der Waals surface area contributed by atoms with E-state index in [9.17, 15) is 8.42 Å². The third-order valence-electron chi connectivity index (χ3n) is 0.700. The first-order valence-electron chi connectivity index (χ1n) is 1.99. The van der Waals surface area contributed by atoms with Crippen LogP contribution in [0.4, 0.5) is 0 Å². The third kappa shape index (κ3) is 5.16. The second-order valence-corrected chi connectivity index (χ2v) is 2.22. The fourth-order valence-electron chi connectivity index (χ4n) is 0.105. The normalized spacial score (nSPS) is 9.50. The second kappa shape index (κ2) is 6.14. The van der Waals surface area contributed by atoms with Gasteiger partial charge in [-0.3, -0.25) is 0 Å². The van der Waals surface area contributed by atoms with Gasteiger partial charge in [-0.2, -0.15) is 0 Å². The molecular formula is C3H8NO2SY-. The van der Waals surface area contributed by atoms with E-state index in [4.69, 9.17) is 0 Å². The minimum Gasteiger partial charge on any atom is -0.409 e. The molecule has 5 heteroatoms. The van der Waals surface area contributed by atoms with Crippen molar-refractivity contribution in [3.63, 3.8) is 0 Å². The molecule has 0 heterocycles. The fraction of sp³-hybridized carbons (Fsp3) is 1.00. The van der Waals surface area contributed by atoms with Gasteiger partial charge in [-0.1, -0.05) is 6.92 Å². The van der Waals surface area contributed by atoms with Crippen LogP contribution in [0.3, 0.4) is 0 Å². The molecule has 0 aromatic rings. The first-order chi connectivity index (χ1) is 3.18. The Kier molecular flexibility index (Phi) is 9.03. The third-order valence-corrected chi connectivity index (χ3v) is 1.47. The fourth-order valence-corrected chi connectivity index (χ4v) is 0.316. The monoisotopic (exact) mass is 211 g/mol. The van der Waals surface area contributed by atoms with E-state index in [1.165, 1.54) is 11.4 Å². The van der Waals surface area contributed by atoms with E-state index in [1.807, 2.05) is 0 Å². The minimum absolute atomic E-state index is 0. The van der Waals surface area contributed by atoms with E-state index in [-0.39, 0.29) is 32.7 Å². The molecule has 3 nitrogen and oxygen atoms in total. The Bertz CT molecular complexity index is 106. The molecule has 0 rings (SSSR count).